The van der Waals surface area contributed by atoms with E-state index in [4.69, 9.17) is 0 Å². The molecular formula is C18H35N. The zero-order chi connectivity index (χ0) is 13.7. The van der Waals surface area contributed by atoms with E-state index in [0.29, 0.717) is 5.41 Å². The first-order valence-electron chi connectivity index (χ1n) is 8.94. The van der Waals surface area contributed by atoms with Crippen LogP contribution >= 0.6 is 0 Å². The molecule has 112 valence electrons. The molecule has 0 amide bonds. The Morgan fingerprint density at radius 3 is 2.32 bits per heavy atom. The van der Waals surface area contributed by atoms with Crippen LogP contribution in [0, 0.1) is 17.3 Å². The van der Waals surface area contributed by atoms with Gasteiger partial charge in [0.25, 0.3) is 0 Å². The first-order chi connectivity index (χ1) is 9.21. The van der Waals surface area contributed by atoms with E-state index in [1.165, 1.54) is 64.2 Å². The lowest BCUT2D eigenvalue weighted by Crippen LogP contribution is -2.52. The maximum Gasteiger partial charge on any atom is 0.0152 e. The second-order valence-electron chi connectivity index (χ2n) is 7.37. The topological polar surface area (TPSA) is 12.0 Å². The minimum atomic E-state index is 0.573. The van der Waals surface area contributed by atoms with Crippen LogP contribution in [0.3, 0.4) is 0 Å². The van der Waals surface area contributed by atoms with Gasteiger partial charge in [-0.2, -0.15) is 0 Å². The molecule has 3 unspecified atom stereocenters. The predicted molar refractivity (Wildman–Crippen MR) is 84.4 cm³/mol. The maximum absolute atomic E-state index is 3.93. The van der Waals surface area contributed by atoms with Crippen molar-refractivity contribution in [3.8, 4) is 0 Å². The van der Waals surface area contributed by atoms with Crippen LogP contribution in [-0.2, 0) is 0 Å². The lowest BCUT2D eigenvalue weighted by atomic mass is 9.61. The molecule has 0 aliphatic heterocycles. The molecule has 0 radical (unpaired) electrons. The van der Waals surface area contributed by atoms with Gasteiger partial charge in [-0.25, -0.2) is 0 Å². The summed E-state index contributed by atoms with van der Waals surface area (Å²) >= 11 is 0. The van der Waals surface area contributed by atoms with Gasteiger partial charge < -0.3 is 5.32 Å². The van der Waals surface area contributed by atoms with Gasteiger partial charge in [0.05, 0.1) is 0 Å². The van der Waals surface area contributed by atoms with Gasteiger partial charge in [-0.1, -0.05) is 65.7 Å². The molecule has 2 aliphatic carbocycles. The van der Waals surface area contributed by atoms with Crippen molar-refractivity contribution in [3.05, 3.63) is 0 Å². The summed E-state index contributed by atoms with van der Waals surface area (Å²) in [7, 11) is 0. The second kappa shape index (κ2) is 7.11. The van der Waals surface area contributed by atoms with Crippen molar-refractivity contribution in [2.24, 2.45) is 17.3 Å². The molecule has 0 aromatic carbocycles. The third kappa shape index (κ3) is 3.54. The van der Waals surface area contributed by atoms with Gasteiger partial charge in [0.15, 0.2) is 0 Å². The molecule has 2 rings (SSSR count). The standard InChI is InChI=1S/C18H35N/c1-4-15-11-7-8-12-16(15)17(19-5-2)18(3)13-9-6-10-14-18/h15-17,19H,4-14H2,1-3H3. The summed E-state index contributed by atoms with van der Waals surface area (Å²) in [5.74, 6) is 1.93. The van der Waals surface area contributed by atoms with Crippen molar-refractivity contribution in [1.29, 1.82) is 0 Å². The second-order valence-corrected chi connectivity index (χ2v) is 7.37. The van der Waals surface area contributed by atoms with Crippen LogP contribution in [0.4, 0.5) is 0 Å². The van der Waals surface area contributed by atoms with Crippen molar-refractivity contribution in [1.82, 2.24) is 5.32 Å². The first-order valence-corrected chi connectivity index (χ1v) is 8.94. The Morgan fingerprint density at radius 2 is 1.68 bits per heavy atom. The maximum atomic E-state index is 3.93. The van der Waals surface area contributed by atoms with Crippen LogP contribution in [0.25, 0.3) is 0 Å². The van der Waals surface area contributed by atoms with E-state index < -0.39 is 0 Å². The highest BCUT2D eigenvalue weighted by Crippen LogP contribution is 2.46. The van der Waals surface area contributed by atoms with E-state index in [1.54, 1.807) is 0 Å². The van der Waals surface area contributed by atoms with E-state index in [9.17, 15) is 0 Å². The monoisotopic (exact) mass is 265 g/mol. The molecule has 3 atom stereocenters. The van der Waals surface area contributed by atoms with Crippen molar-refractivity contribution in [2.75, 3.05) is 6.54 Å². The Hall–Kier alpha value is -0.0400. The Bertz CT molecular complexity index is 254. The quantitative estimate of drug-likeness (QED) is 0.724. The summed E-state index contributed by atoms with van der Waals surface area (Å²) in [5.41, 5.74) is 0.573. The smallest absolute Gasteiger partial charge is 0.0152 e. The van der Waals surface area contributed by atoms with Crippen LogP contribution in [-0.4, -0.2) is 12.6 Å². The fraction of sp³-hybridized carbons (Fsp3) is 1.00. The number of rotatable bonds is 5. The highest BCUT2D eigenvalue weighted by molar-refractivity contribution is 4.96. The minimum absolute atomic E-state index is 0.573. The third-order valence-electron chi connectivity index (χ3n) is 6.09. The highest BCUT2D eigenvalue weighted by atomic mass is 14.9. The summed E-state index contributed by atoms with van der Waals surface area (Å²) in [5, 5.41) is 3.93. The number of hydrogen-bond acceptors (Lipinski definition) is 1. The van der Waals surface area contributed by atoms with Crippen LogP contribution in [0.15, 0.2) is 0 Å². The average molecular weight is 265 g/mol. The molecule has 0 bridgehead atoms. The molecule has 2 aliphatic rings. The van der Waals surface area contributed by atoms with Crippen molar-refractivity contribution in [2.45, 2.75) is 91.0 Å². The first kappa shape index (κ1) is 15.4. The molecule has 0 saturated heterocycles. The largest absolute Gasteiger partial charge is 0.313 e. The molecule has 1 heteroatoms. The van der Waals surface area contributed by atoms with E-state index in [-0.39, 0.29) is 0 Å². The van der Waals surface area contributed by atoms with Gasteiger partial charge in [0.2, 0.25) is 0 Å². The number of hydrogen-bond donors (Lipinski definition) is 1. The molecular weight excluding hydrogens is 230 g/mol. The molecule has 2 fully saturated rings. The summed E-state index contributed by atoms with van der Waals surface area (Å²) in [6.45, 7) is 8.44. The molecule has 1 nitrogen and oxygen atoms in total. The van der Waals surface area contributed by atoms with Gasteiger partial charge in [0.1, 0.15) is 0 Å². The van der Waals surface area contributed by atoms with Gasteiger partial charge in [-0.05, 0) is 43.1 Å². The summed E-state index contributed by atoms with van der Waals surface area (Å²) in [6.07, 6.45) is 14.6. The Balaban J connectivity index is 2.12. The van der Waals surface area contributed by atoms with Gasteiger partial charge in [0, 0.05) is 6.04 Å². The molecule has 0 heterocycles. The Kier molecular flexibility index (Phi) is 5.74. The van der Waals surface area contributed by atoms with Crippen molar-refractivity contribution >= 4 is 0 Å². The van der Waals surface area contributed by atoms with Gasteiger partial charge >= 0.3 is 0 Å². The van der Waals surface area contributed by atoms with E-state index in [0.717, 1.165) is 24.4 Å². The van der Waals surface area contributed by atoms with Crippen LogP contribution in [0.1, 0.15) is 85.0 Å². The highest BCUT2D eigenvalue weighted by Gasteiger charge is 2.42. The van der Waals surface area contributed by atoms with E-state index in [2.05, 4.69) is 26.1 Å². The van der Waals surface area contributed by atoms with Crippen molar-refractivity contribution < 1.29 is 0 Å². The van der Waals surface area contributed by atoms with E-state index >= 15 is 0 Å². The lowest BCUT2D eigenvalue weighted by Gasteiger charge is -2.48. The Morgan fingerprint density at radius 1 is 1.00 bits per heavy atom. The van der Waals surface area contributed by atoms with Crippen LogP contribution < -0.4 is 5.32 Å². The average Bonchev–Trinajstić information content (AvgIpc) is 2.45. The van der Waals surface area contributed by atoms with Gasteiger partial charge in [-0.15, -0.1) is 0 Å². The fourth-order valence-corrected chi connectivity index (χ4v) is 4.99. The SMILES string of the molecule is CCNC(C1CCCCC1CC)C1(C)CCCCC1. The Labute approximate surface area is 120 Å². The van der Waals surface area contributed by atoms with Crippen LogP contribution in [0.5, 0.6) is 0 Å². The zero-order valence-corrected chi connectivity index (χ0v) is 13.5. The summed E-state index contributed by atoms with van der Waals surface area (Å²) in [4.78, 5) is 0. The summed E-state index contributed by atoms with van der Waals surface area (Å²) in [6, 6.07) is 0.781. The molecule has 1 N–H and O–H groups in total. The molecule has 0 spiro atoms. The zero-order valence-electron chi connectivity index (χ0n) is 13.5. The summed E-state index contributed by atoms with van der Waals surface area (Å²) < 4.78 is 0. The van der Waals surface area contributed by atoms with Crippen LogP contribution in [0.2, 0.25) is 0 Å². The third-order valence-corrected chi connectivity index (χ3v) is 6.09. The molecule has 2 saturated carbocycles. The molecule has 19 heavy (non-hydrogen) atoms. The minimum Gasteiger partial charge on any atom is -0.313 e. The van der Waals surface area contributed by atoms with E-state index in [1.807, 2.05) is 0 Å². The molecule has 0 aromatic rings. The fourth-order valence-electron chi connectivity index (χ4n) is 4.99. The van der Waals surface area contributed by atoms with Crippen molar-refractivity contribution in [3.63, 3.8) is 0 Å². The molecule has 0 aromatic heterocycles. The van der Waals surface area contributed by atoms with Gasteiger partial charge in [-0.3, -0.25) is 0 Å². The predicted octanol–water partition coefficient (Wildman–Crippen LogP) is 5.15. The number of nitrogens with one attached hydrogen (secondary N) is 1. The normalized spacial score (nSPS) is 33.0. The lowest BCUT2D eigenvalue weighted by molar-refractivity contribution is 0.0557.